The van der Waals surface area contributed by atoms with E-state index in [1.165, 1.54) is 0 Å². The quantitative estimate of drug-likeness (QED) is 0.626. The molecule has 0 saturated carbocycles. The number of Topliss-reactive ketones (excluding diaryl/α,β-unsaturated/α-hetero) is 1. The molecule has 88 valence electrons. The van der Waals surface area contributed by atoms with Crippen LogP contribution in [0.3, 0.4) is 0 Å². The van der Waals surface area contributed by atoms with Crippen LogP contribution in [0.25, 0.3) is 0 Å². The number of alkyl halides is 1. The van der Waals surface area contributed by atoms with Crippen LogP contribution in [-0.2, 0) is 9.59 Å². The maximum atomic E-state index is 11.4. The van der Waals surface area contributed by atoms with Gasteiger partial charge >= 0.3 is 5.97 Å². The van der Waals surface area contributed by atoms with Gasteiger partial charge in [-0.15, -0.1) is 4.73 Å². The standard InChI is InChI=1S/C9H10BrNO5/c1-2-5(12)8(10)9(15)16-11-6(13)3-4-7(11)14/h3-4,8,13-14H,2H2,1H3. The highest BCUT2D eigenvalue weighted by Gasteiger charge is 2.25. The van der Waals surface area contributed by atoms with Crippen molar-refractivity contribution in [1.82, 2.24) is 4.73 Å². The van der Waals surface area contributed by atoms with Gasteiger partial charge in [0, 0.05) is 18.6 Å². The highest BCUT2D eigenvalue weighted by Crippen LogP contribution is 2.19. The molecule has 0 aliphatic carbocycles. The highest BCUT2D eigenvalue weighted by molar-refractivity contribution is 9.10. The molecule has 0 aliphatic rings. The van der Waals surface area contributed by atoms with E-state index in [4.69, 9.17) is 0 Å². The number of hydrogen-bond donors (Lipinski definition) is 2. The number of carbonyl (C=O) groups excluding carboxylic acids is 2. The summed E-state index contributed by atoms with van der Waals surface area (Å²) in [5.74, 6) is -2.13. The van der Waals surface area contributed by atoms with Gasteiger partial charge in [0.1, 0.15) is 0 Å². The summed E-state index contributed by atoms with van der Waals surface area (Å²) in [5.41, 5.74) is 0. The topological polar surface area (TPSA) is 88.8 Å². The van der Waals surface area contributed by atoms with Crippen LogP contribution in [0, 0.1) is 0 Å². The number of hydrogen-bond acceptors (Lipinski definition) is 5. The van der Waals surface area contributed by atoms with E-state index >= 15 is 0 Å². The number of halogens is 1. The smallest absolute Gasteiger partial charge is 0.354 e. The Kier molecular flexibility index (Phi) is 3.94. The molecule has 16 heavy (non-hydrogen) atoms. The number of carbonyl (C=O) groups is 2. The zero-order valence-corrected chi connectivity index (χ0v) is 9.97. The lowest BCUT2D eigenvalue weighted by molar-refractivity contribution is -0.146. The van der Waals surface area contributed by atoms with Crippen LogP contribution < -0.4 is 4.84 Å². The number of rotatable bonds is 4. The van der Waals surface area contributed by atoms with Crippen LogP contribution in [0.4, 0.5) is 0 Å². The van der Waals surface area contributed by atoms with E-state index in [2.05, 4.69) is 20.8 Å². The van der Waals surface area contributed by atoms with Crippen molar-refractivity contribution < 1.29 is 24.6 Å². The van der Waals surface area contributed by atoms with E-state index in [0.717, 1.165) is 12.1 Å². The summed E-state index contributed by atoms with van der Waals surface area (Å²) in [6.07, 6.45) is 0.175. The van der Waals surface area contributed by atoms with Crippen LogP contribution in [0.15, 0.2) is 12.1 Å². The fourth-order valence-corrected chi connectivity index (χ4v) is 1.35. The summed E-state index contributed by atoms with van der Waals surface area (Å²) in [7, 11) is 0. The average Bonchev–Trinajstić information content (AvgIpc) is 2.58. The van der Waals surface area contributed by atoms with Gasteiger partial charge in [0.25, 0.3) is 0 Å². The molecule has 0 radical (unpaired) electrons. The lowest BCUT2D eigenvalue weighted by Crippen LogP contribution is -2.32. The molecule has 2 N–H and O–H groups in total. The molecule has 0 saturated heterocycles. The Morgan fingerprint density at radius 1 is 1.44 bits per heavy atom. The molecule has 1 aromatic rings. The second-order valence-electron chi connectivity index (χ2n) is 2.94. The van der Waals surface area contributed by atoms with Crippen LogP contribution >= 0.6 is 15.9 Å². The molecule has 1 rings (SSSR count). The van der Waals surface area contributed by atoms with Crippen molar-refractivity contribution in [2.45, 2.75) is 18.2 Å². The van der Waals surface area contributed by atoms with Crippen molar-refractivity contribution in [3.8, 4) is 11.8 Å². The summed E-state index contributed by atoms with van der Waals surface area (Å²) in [6.45, 7) is 1.61. The first-order chi connectivity index (χ1) is 7.47. The minimum Gasteiger partial charge on any atom is -0.492 e. The second kappa shape index (κ2) is 5.02. The SMILES string of the molecule is CCC(=O)C(Br)C(=O)On1c(O)ccc1O. The summed E-state index contributed by atoms with van der Waals surface area (Å²) in [4.78, 5) is 26.1. The fourth-order valence-electron chi connectivity index (χ4n) is 0.942. The van der Waals surface area contributed by atoms with Gasteiger partial charge in [0.2, 0.25) is 11.8 Å². The first-order valence-electron chi connectivity index (χ1n) is 4.46. The number of aromatic hydroxyl groups is 2. The summed E-state index contributed by atoms with van der Waals surface area (Å²) in [6, 6.07) is 2.29. The van der Waals surface area contributed by atoms with E-state index in [-0.39, 0.29) is 12.2 Å². The van der Waals surface area contributed by atoms with E-state index in [1.807, 2.05) is 0 Å². The average molecular weight is 292 g/mol. The minimum atomic E-state index is -1.11. The van der Waals surface area contributed by atoms with Gasteiger partial charge < -0.3 is 15.1 Å². The van der Waals surface area contributed by atoms with Gasteiger partial charge in [0.05, 0.1) is 0 Å². The molecule has 0 aromatic carbocycles. The van der Waals surface area contributed by atoms with Crippen molar-refractivity contribution in [2.24, 2.45) is 0 Å². The molecular weight excluding hydrogens is 282 g/mol. The Labute approximate surface area is 99.5 Å². The van der Waals surface area contributed by atoms with E-state index in [1.54, 1.807) is 6.92 Å². The van der Waals surface area contributed by atoms with Gasteiger partial charge in [-0.3, -0.25) is 4.79 Å². The monoisotopic (exact) mass is 291 g/mol. The molecule has 6 nitrogen and oxygen atoms in total. The van der Waals surface area contributed by atoms with Crippen LogP contribution in [0.2, 0.25) is 0 Å². The first-order valence-corrected chi connectivity index (χ1v) is 5.37. The van der Waals surface area contributed by atoms with Crippen LogP contribution in [0.5, 0.6) is 11.8 Å². The van der Waals surface area contributed by atoms with Crippen molar-refractivity contribution in [1.29, 1.82) is 0 Å². The second-order valence-corrected chi connectivity index (χ2v) is 3.85. The molecule has 0 aliphatic heterocycles. The summed E-state index contributed by atoms with van der Waals surface area (Å²) < 4.78 is 0.527. The molecule has 0 bridgehead atoms. The van der Waals surface area contributed by atoms with Gasteiger partial charge in [0.15, 0.2) is 10.6 Å². The van der Waals surface area contributed by atoms with E-state index in [0.29, 0.717) is 4.73 Å². The lowest BCUT2D eigenvalue weighted by atomic mass is 10.2. The van der Waals surface area contributed by atoms with Gasteiger partial charge in [-0.05, 0) is 0 Å². The third-order valence-corrected chi connectivity index (χ3v) is 2.70. The van der Waals surface area contributed by atoms with Gasteiger partial charge in [-0.25, -0.2) is 4.79 Å². The number of ketones is 1. The Bertz CT molecular complexity index is 395. The molecule has 1 unspecified atom stereocenters. The number of aromatic nitrogens is 1. The Hall–Kier alpha value is -1.50. The normalized spacial score (nSPS) is 12.1. The first kappa shape index (κ1) is 12.6. The molecule has 1 heterocycles. The number of nitrogens with zero attached hydrogens (tertiary/aromatic N) is 1. The predicted molar refractivity (Wildman–Crippen MR) is 57.4 cm³/mol. The minimum absolute atomic E-state index is 0.175. The van der Waals surface area contributed by atoms with Gasteiger partial charge in [-0.2, -0.15) is 0 Å². The van der Waals surface area contributed by atoms with Crippen molar-refractivity contribution in [2.75, 3.05) is 0 Å². The Morgan fingerprint density at radius 3 is 2.38 bits per heavy atom. The molecular formula is C9H10BrNO5. The van der Waals surface area contributed by atoms with E-state index < -0.39 is 22.6 Å². The molecule has 0 spiro atoms. The third-order valence-electron chi connectivity index (χ3n) is 1.82. The lowest BCUT2D eigenvalue weighted by Gasteiger charge is -2.09. The van der Waals surface area contributed by atoms with E-state index in [9.17, 15) is 19.8 Å². The van der Waals surface area contributed by atoms with Crippen LogP contribution in [-0.4, -0.2) is 31.5 Å². The highest BCUT2D eigenvalue weighted by atomic mass is 79.9. The molecule has 1 aromatic heterocycles. The fraction of sp³-hybridized carbons (Fsp3) is 0.333. The molecule has 1 atom stereocenters. The van der Waals surface area contributed by atoms with Crippen molar-refractivity contribution in [3.63, 3.8) is 0 Å². The Morgan fingerprint density at radius 2 is 1.94 bits per heavy atom. The summed E-state index contributed by atoms with van der Waals surface area (Å²) >= 11 is 2.86. The largest absolute Gasteiger partial charge is 0.492 e. The van der Waals surface area contributed by atoms with Crippen molar-refractivity contribution >= 4 is 27.7 Å². The molecule has 0 amide bonds. The maximum Gasteiger partial charge on any atom is 0.354 e. The summed E-state index contributed by atoms with van der Waals surface area (Å²) in [5, 5.41) is 18.4. The van der Waals surface area contributed by atoms with Crippen molar-refractivity contribution in [3.05, 3.63) is 12.1 Å². The molecule has 7 heteroatoms. The third kappa shape index (κ3) is 2.54. The van der Waals surface area contributed by atoms with Gasteiger partial charge in [-0.1, -0.05) is 22.9 Å². The molecule has 0 fully saturated rings. The Balaban J connectivity index is 2.75. The predicted octanol–water partition coefficient (Wildman–Crippen LogP) is 0.597. The zero-order valence-electron chi connectivity index (χ0n) is 8.38. The maximum absolute atomic E-state index is 11.4. The van der Waals surface area contributed by atoms with Crippen LogP contribution in [0.1, 0.15) is 13.3 Å². The zero-order chi connectivity index (χ0) is 12.3.